The van der Waals surface area contributed by atoms with E-state index in [9.17, 15) is 13.2 Å². The summed E-state index contributed by atoms with van der Waals surface area (Å²) < 4.78 is 33.3. The molecule has 2 aromatic rings. The van der Waals surface area contributed by atoms with E-state index in [0.29, 0.717) is 25.4 Å². The normalized spacial score (nSPS) is 17.7. The van der Waals surface area contributed by atoms with E-state index in [2.05, 4.69) is 22.3 Å². The van der Waals surface area contributed by atoms with E-state index in [1.807, 2.05) is 12.1 Å². The molecule has 0 atom stereocenters. The van der Waals surface area contributed by atoms with E-state index in [-0.39, 0.29) is 16.4 Å². The van der Waals surface area contributed by atoms with Gasteiger partial charge in [0.2, 0.25) is 10.0 Å². The van der Waals surface area contributed by atoms with E-state index in [0.717, 1.165) is 44.3 Å². The van der Waals surface area contributed by atoms with Crippen molar-refractivity contribution in [3.8, 4) is 5.75 Å². The van der Waals surface area contributed by atoms with Crippen LogP contribution in [0.3, 0.4) is 0 Å². The third kappa shape index (κ3) is 5.73. The lowest BCUT2D eigenvalue weighted by molar-refractivity contribution is 0.0947. The highest BCUT2D eigenvalue weighted by molar-refractivity contribution is 7.89. The molecule has 4 rings (SSSR count). The average Bonchev–Trinajstić information content (AvgIpc) is 3.18. The highest BCUT2D eigenvalue weighted by atomic mass is 32.2. The van der Waals surface area contributed by atoms with Gasteiger partial charge in [-0.1, -0.05) is 25.0 Å². The van der Waals surface area contributed by atoms with Crippen molar-refractivity contribution in [2.45, 2.75) is 56.4 Å². The summed E-state index contributed by atoms with van der Waals surface area (Å²) in [5.74, 6) is -0.00219. The minimum atomic E-state index is -3.66. The zero-order chi connectivity index (χ0) is 24.0. The number of ether oxygens (including phenoxy) is 1. The maximum atomic E-state index is 13.2. The Morgan fingerprint density at radius 3 is 2.15 bits per heavy atom. The molecule has 0 aliphatic carbocycles. The van der Waals surface area contributed by atoms with Crippen molar-refractivity contribution in [1.29, 1.82) is 0 Å². The van der Waals surface area contributed by atoms with Crippen molar-refractivity contribution in [3.05, 3.63) is 53.6 Å². The van der Waals surface area contributed by atoms with Gasteiger partial charge in [-0.3, -0.25) is 4.79 Å². The molecule has 0 bridgehead atoms. The number of hydrogen-bond acceptors (Lipinski definition) is 5. The van der Waals surface area contributed by atoms with Gasteiger partial charge in [0.25, 0.3) is 5.91 Å². The molecule has 0 saturated carbocycles. The zero-order valence-corrected chi connectivity index (χ0v) is 20.8. The Hall–Kier alpha value is -2.58. The van der Waals surface area contributed by atoms with Gasteiger partial charge in [-0.05, 0) is 68.0 Å². The average molecular weight is 486 g/mol. The second-order valence-electron chi connectivity index (χ2n) is 9.08. The number of carbonyl (C=O) groups excluding carboxylic acids is 1. The topological polar surface area (TPSA) is 79.0 Å². The predicted octanol–water partition coefficient (Wildman–Crippen LogP) is 4.18. The quantitative estimate of drug-likeness (QED) is 0.637. The Labute approximate surface area is 203 Å². The van der Waals surface area contributed by atoms with Gasteiger partial charge in [-0.15, -0.1) is 0 Å². The molecule has 2 aliphatic heterocycles. The number of methoxy groups -OCH3 is 1. The Morgan fingerprint density at radius 2 is 1.50 bits per heavy atom. The number of benzene rings is 2. The number of nitrogens with one attached hydrogen (secondary N) is 1. The molecular formula is C26H35N3O4S. The summed E-state index contributed by atoms with van der Waals surface area (Å²) in [6.07, 6.45) is 7.56. The first kappa shape index (κ1) is 24.5. The Balaban J connectivity index is 1.45. The van der Waals surface area contributed by atoms with Crippen LogP contribution in [-0.2, 0) is 16.6 Å². The molecule has 34 heavy (non-hydrogen) atoms. The maximum absolute atomic E-state index is 13.2. The smallest absolute Gasteiger partial charge is 0.255 e. The third-order valence-electron chi connectivity index (χ3n) is 6.73. The van der Waals surface area contributed by atoms with Gasteiger partial charge in [0.05, 0.1) is 17.6 Å². The van der Waals surface area contributed by atoms with Gasteiger partial charge >= 0.3 is 0 Å². The molecule has 0 radical (unpaired) electrons. The summed E-state index contributed by atoms with van der Waals surface area (Å²) in [6, 6.07) is 12.8. The molecule has 7 nitrogen and oxygen atoms in total. The highest BCUT2D eigenvalue weighted by Crippen LogP contribution is 2.26. The fourth-order valence-corrected chi connectivity index (χ4v) is 6.25. The Kier molecular flexibility index (Phi) is 8.11. The van der Waals surface area contributed by atoms with Crippen LogP contribution in [0.1, 0.15) is 60.9 Å². The van der Waals surface area contributed by atoms with Gasteiger partial charge in [0.15, 0.2) is 0 Å². The van der Waals surface area contributed by atoms with Crippen LogP contribution in [0.25, 0.3) is 0 Å². The Bertz CT molecular complexity index is 1070. The minimum Gasteiger partial charge on any atom is -0.496 e. The number of sulfonamides is 1. The maximum Gasteiger partial charge on any atom is 0.255 e. The van der Waals surface area contributed by atoms with Crippen LogP contribution in [0.15, 0.2) is 47.4 Å². The standard InChI is InChI=1S/C26H35N3O4S/c1-33-25-14-13-23(34(31,32)29-17-7-2-3-8-18-29)19-24(25)26(30)27-20-21-9-11-22(12-10-21)28-15-5-4-6-16-28/h9-14,19H,2-8,15-18,20H2,1H3,(H,27,30). The van der Waals surface area contributed by atoms with Gasteiger partial charge in [-0.2, -0.15) is 4.31 Å². The lowest BCUT2D eigenvalue weighted by atomic mass is 10.1. The largest absolute Gasteiger partial charge is 0.496 e. The molecule has 1 N–H and O–H groups in total. The van der Waals surface area contributed by atoms with Crippen LogP contribution in [-0.4, -0.2) is 51.9 Å². The van der Waals surface area contributed by atoms with Gasteiger partial charge < -0.3 is 15.0 Å². The predicted molar refractivity (Wildman–Crippen MR) is 134 cm³/mol. The van der Waals surface area contributed by atoms with Crippen LogP contribution in [0, 0.1) is 0 Å². The van der Waals surface area contributed by atoms with Gasteiger partial charge in [-0.25, -0.2) is 8.42 Å². The number of amides is 1. The van der Waals surface area contributed by atoms with E-state index >= 15 is 0 Å². The van der Waals surface area contributed by atoms with Crippen molar-refractivity contribution in [1.82, 2.24) is 9.62 Å². The first-order valence-corrected chi connectivity index (χ1v) is 13.7. The summed E-state index contributed by atoms with van der Waals surface area (Å²) in [5.41, 5.74) is 2.42. The fraction of sp³-hybridized carbons (Fsp3) is 0.500. The molecule has 2 fully saturated rings. The lowest BCUT2D eigenvalue weighted by Crippen LogP contribution is -2.32. The van der Waals surface area contributed by atoms with Crippen molar-refractivity contribution >= 4 is 21.6 Å². The molecule has 2 heterocycles. The molecular weight excluding hydrogens is 450 g/mol. The minimum absolute atomic E-state index is 0.131. The van der Waals surface area contributed by atoms with Crippen LogP contribution >= 0.6 is 0 Å². The third-order valence-corrected chi connectivity index (χ3v) is 8.62. The molecule has 0 unspecified atom stereocenters. The molecule has 8 heteroatoms. The second kappa shape index (κ2) is 11.2. The number of piperidine rings is 1. The monoisotopic (exact) mass is 485 g/mol. The first-order chi connectivity index (χ1) is 16.5. The van der Waals surface area contributed by atoms with E-state index < -0.39 is 10.0 Å². The summed E-state index contributed by atoms with van der Waals surface area (Å²) >= 11 is 0. The number of anilines is 1. The fourth-order valence-electron chi connectivity index (χ4n) is 4.71. The molecule has 2 aliphatic rings. The number of hydrogen-bond donors (Lipinski definition) is 1. The van der Waals surface area contributed by atoms with Crippen molar-refractivity contribution in [2.75, 3.05) is 38.2 Å². The van der Waals surface area contributed by atoms with Crippen molar-refractivity contribution in [3.63, 3.8) is 0 Å². The summed E-state index contributed by atoms with van der Waals surface area (Å²) in [7, 11) is -2.18. The first-order valence-electron chi connectivity index (χ1n) is 12.3. The molecule has 0 spiro atoms. The zero-order valence-electron chi connectivity index (χ0n) is 20.0. The van der Waals surface area contributed by atoms with E-state index in [4.69, 9.17) is 4.74 Å². The van der Waals surface area contributed by atoms with Crippen molar-refractivity contribution in [2.24, 2.45) is 0 Å². The SMILES string of the molecule is COc1ccc(S(=O)(=O)N2CCCCCC2)cc1C(=O)NCc1ccc(N2CCCCC2)cc1. The Morgan fingerprint density at radius 1 is 0.882 bits per heavy atom. The van der Waals surface area contributed by atoms with Crippen LogP contribution in [0.5, 0.6) is 5.75 Å². The molecule has 184 valence electrons. The number of nitrogens with zero attached hydrogens (tertiary/aromatic N) is 2. The summed E-state index contributed by atoms with van der Waals surface area (Å²) in [5, 5.41) is 2.92. The molecule has 2 aromatic carbocycles. The second-order valence-corrected chi connectivity index (χ2v) is 11.0. The summed E-state index contributed by atoms with van der Waals surface area (Å²) in [6.45, 7) is 3.57. The van der Waals surface area contributed by atoms with Crippen molar-refractivity contribution < 1.29 is 17.9 Å². The van der Waals surface area contributed by atoms with E-state index in [1.165, 1.54) is 48.5 Å². The van der Waals surface area contributed by atoms with Gasteiger partial charge in [0.1, 0.15) is 5.75 Å². The number of rotatable bonds is 7. The molecule has 2 saturated heterocycles. The molecule has 0 aromatic heterocycles. The molecule has 1 amide bonds. The van der Waals surface area contributed by atoms with Crippen LogP contribution in [0.4, 0.5) is 5.69 Å². The lowest BCUT2D eigenvalue weighted by Gasteiger charge is -2.28. The number of carbonyl (C=O) groups is 1. The highest BCUT2D eigenvalue weighted by Gasteiger charge is 2.27. The van der Waals surface area contributed by atoms with E-state index in [1.54, 1.807) is 6.07 Å². The van der Waals surface area contributed by atoms with Gasteiger partial charge in [0, 0.05) is 38.4 Å². The van der Waals surface area contributed by atoms with Crippen LogP contribution < -0.4 is 15.0 Å². The van der Waals surface area contributed by atoms with Crippen LogP contribution in [0.2, 0.25) is 0 Å². The summed E-state index contributed by atoms with van der Waals surface area (Å²) in [4.78, 5) is 15.5.